The summed E-state index contributed by atoms with van der Waals surface area (Å²) < 4.78 is 0. The van der Waals surface area contributed by atoms with E-state index >= 15 is 0 Å². The number of likely N-dealkylation sites (tertiary alicyclic amines) is 2. The van der Waals surface area contributed by atoms with Crippen LogP contribution in [0, 0.1) is 0 Å². The molecule has 0 radical (unpaired) electrons. The van der Waals surface area contributed by atoms with Crippen LogP contribution in [0.5, 0.6) is 0 Å². The molecule has 0 aromatic carbocycles. The topological polar surface area (TPSA) is 6.48 Å². The van der Waals surface area contributed by atoms with Gasteiger partial charge in [0.1, 0.15) is 0 Å². The molecule has 0 bridgehead atoms. The van der Waals surface area contributed by atoms with Gasteiger partial charge in [0.05, 0.1) is 0 Å². The van der Waals surface area contributed by atoms with E-state index in [0.717, 1.165) is 12.1 Å². The Bertz CT molecular complexity index is 215. The van der Waals surface area contributed by atoms with Crippen molar-refractivity contribution < 1.29 is 0 Å². The van der Waals surface area contributed by atoms with Gasteiger partial charge in [0.25, 0.3) is 0 Å². The Balaban J connectivity index is 1.64. The van der Waals surface area contributed by atoms with E-state index in [2.05, 4.69) is 9.80 Å². The molecule has 0 unspecified atom stereocenters. The lowest BCUT2D eigenvalue weighted by Gasteiger charge is -2.47. The molecule has 3 aliphatic rings. The molecule has 104 valence electrons. The van der Waals surface area contributed by atoms with Gasteiger partial charge in [0.15, 0.2) is 0 Å². The van der Waals surface area contributed by atoms with E-state index in [9.17, 15) is 0 Å². The summed E-state index contributed by atoms with van der Waals surface area (Å²) in [5.74, 6) is 0. The van der Waals surface area contributed by atoms with Gasteiger partial charge in [0.2, 0.25) is 0 Å². The molecule has 3 rings (SSSR count). The Kier molecular flexibility index (Phi) is 4.58. The van der Waals surface area contributed by atoms with Gasteiger partial charge in [-0.2, -0.15) is 0 Å². The molecule has 0 N–H and O–H groups in total. The molecule has 2 heterocycles. The van der Waals surface area contributed by atoms with E-state index in [4.69, 9.17) is 0 Å². The first-order valence-corrected chi connectivity index (χ1v) is 8.43. The zero-order valence-corrected chi connectivity index (χ0v) is 11.9. The summed E-state index contributed by atoms with van der Waals surface area (Å²) in [5.41, 5.74) is 0. The minimum Gasteiger partial charge on any atom is -0.299 e. The Morgan fingerprint density at radius 2 is 0.833 bits per heavy atom. The van der Waals surface area contributed by atoms with Gasteiger partial charge in [-0.05, 0) is 64.7 Å². The van der Waals surface area contributed by atoms with Gasteiger partial charge >= 0.3 is 0 Å². The van der Waals surface area contributed by atoms with Crippen LogP contribution in [-0.4, -0.2) is 48.1 Å². The summed E-state index contributed by atoms with van der Waals surface area (Å²) in [7, 11) is 0. The van der Waals surface area contributed by atoms with Crippen molar-refractivity contribution in [2.45, 2.75) is 76.3 Å². The molecule has 18 heavy (non-hydrogen) atoms. The van der Waals surface area contributed by atoms with Crippen molar-refractivity contribution in [1.82, 2.24) is 9.80 Å². The van der Waals surface area contributed by atoms with Crippen molar-refractivity contribution in [1.29, 1.82) is 0 Å². The Morgan fingerprint density at radius 1 is 0.444 bits per heavy atom. The molecule has 2 saturated heterocycles. The maximum Gasteiger partial charge on any atom is 0.0251 e. The van der Waals surface area contributed by atoms with Crippen LogP contribution in [0.4, 0.5) is 0 Å². The molecular formula is C16H30N2. The quantitative estimate of drug-likeness (QED) is 0.742. The van der Waals surface area contributed by atoms with Gasteiger partial charge in [-0.3, -0.25) is 9.80 Å². The van der Waals surface area contributed by atoms with Crippen molar-refractivity contribution in [2.24, 2.45) is 0 Å². The molecule has 1 aliphatic carbocycles. The van der Waals surface area contributed by atoms with Crippen LogP contribution in [0.15, 0.2) is 0 Å². The van der Waals surface area contributed by atoms with Crippen LogP contribution < -0.4 is 0 Å². The first-order chi connectivity index (χ1) is 8.95. The Hall–Kier alpha value is -0.0800. The third-order valence-electron chi connectivity index (χ3n) is 5.41. The Morgan fingerprint density at radius 3 is 1.22 bits per heavy atom. The van der Waals surface area contributed by atoms with Crippen molar-refractivity contribution in [3.63, 3.8) is 0 Å². The standard InChI is InChI=1S/C16H30N2/c1-5-11-17(12-6-1)15-9-3-4-10-16(15)18-13-7-2-8-14-18/h15-16H,1-14H2/t15-,16+. The van der Waals surface area contributed by atoms with E-state index < -0.39 is 0 Å². The highest BCUT2D eigenvalue weighted by Gasteiger charge is 2.34. The molecule has 3 fully saturated rings. The largest absolute Gasteiger partial charge is 0.299 e. The van der Waals surface area contributed by atoms with Gasteiger partial charge < -0.3 is 0 Å². The number of piperidine rings is 2. The van der Waals surface area contributed by atoms with E-state index in [-0.39, 0.29) is 0 Å². The molecule has 2 aliphatic heterocycles. The zero-order chi connectivity index (χ0) is 12.2. The van der Waals surface area contributed by atoms with Gasteiger partial charge in [0, 0.05) is 12.1 Å². The van der Waals surface area contributed by atoms with Crippen molar-refractivity contribution in [3.8, 4) is 0 Å². The molecule has 0 amide bonds. The lowest BCUT2D eigenvalue weighted by Crippen LogP contribution is -2.55. The first-order valence-electron chi connectivity index (χ1n) is 8.43. The van der Waals surface area contributed by atoms with E-state index in [1.54, 1.807) is 0 Å². The van der Waals surface area contributed by atoms with Crippen molar-refractivity contribution in [3.05, 3.63) is 0 Å². The minimum atomic E-state index is 0.900. The predicted octanol–water partition coefficient (Wildman–Crippen LogP) is 3.27. The highest BCUT2D eigenvalue weighted by atomic mass is 15.3. The fraction of sp³-hybridized carbons (Fsp3) is 1.00. The lowest BCUT2D eigenvalue weighted by atomic mass is 9.86. The lowest BCUT2D eigenvalue weighted by molar-refractivity contribution is 0.0285. The molecule has 0 aromatic heterocycles. The van der Waals surface area contributed by atoms with Crippen LogP contribution in [0.25, 0.3) is 0 Å². The van der Waals surface area contributed by atoms with Crippen LogP contribution in [0.1, 0.15) is 64.2 Å². The molecule has 2 nitrogen and oxygen atoms in total. The third-order valence-corrected chi connectivity index (χ3v) is 5.41. The second-order valence-corrected chi connectivity index (χ2v) is 6.61. The predicted molar refractivity (Wildman–Crippen MR) is 76.9 cm³/mol. The number of nitrogens with zero attached hydrogens (tertiary/aromatic N) is 2. The number of rotatable bonds is 2. The smallest absolute Gasteiger partial charge is 0.0251 e. The van der Waals surface area contributed by atoms with Crippen LogP contribution in [-0.2, 0) is 0 Å². The third kappa shape index (κ3) is 2.91. The van der Waals surface area contributed by atoms with Gasteiger partial charge in [-0.15, -0.1) is 0 Å². The Labute approximate surface area is 113 Å². The van der Waals surface area contributed by atoms with Crippen LogP contribution in [0.3, 0.4) is 0 Å². The second kappa shape index (κ2) is 6.38. The molecule has 2 heteroatoms. The average molecular weight is 250 g/mol. The normalized spacial score (nSPS) is 36.7. The number of hydrogen-bond donors (Lipinski definition) is 0. The first kappa shape index (κ1) is 12.9. The molecule has 0 aromatic rings. The summed E-state index contributed by atoms with van der Waals surface area (Å²) >= 11 is 0. The second-order valence-electron chi connectivity index (χ2n) is 6.61. The molecule has 0 spiro atoms. The van der Waals surface area contributed by atoms with E-state index in [1.807, 2.05) is 0 Å². The summed E-state index contributed by atoms with van der Waals surface area (Å²) in [4.78, 5) is 5.70. The highest BCUT2D eigenvalue weighted by Crippen LogP contribution is 2.30. The molecular weight excluding hydrogens is 220 g/mol. The fourth-order valence-electron chi connectivity index (χ4n) is 4.44. The summed E-state index contributed by atoms with van der Waals surface area (Å²) in [5, 5.41) is 0. The SMILES string of the molecule is C1CCN([C@@H]2CCCC[C@@H]2N2CCCCC2)CC1. The number of hydrogen-bond acceptors (Lipinski definition) is 2. The monoisotopic (exact) mass is 250 g/mol. The van der Waals surface area contributed by atoms with Crippen molar-refractivity contribution >= 4 is 0 Å². The maximum atomic E-state index is 2.85. The molecule has 2 atom stereocenters. The van der Waals surface area contributed by atoms with E-state index in [1.165, 1.54) is 90.4 Å². The van der Waals surface area contributed by atoms with Crippen molar-refractivity contribution in [2.75, 3.05) is 26.2 Å². The van der Waals surface area contributed by atoms with Gasteiger partial charge in [-0.1, -0.05) is 25.7 Å². The highest BCUT2D eigenvalue weighted by molar-refractivity contribution is 4.91. The molecule has 1 saturated carbocycles. The summed E-state index contributed by atoms with van der Waals surface area (Å²) in [6.45, 7) is 5.54. The van der Waals surface area contributed by atoms with Crippen LogP contribution >= 0.6 is 0 Å². The summed E-state index contributed by atoms with van der Waals surface area (Å²) in [6.07, 6.45) is 14.6. The van der Waals surface area contributed by atoms with Gasteiger partial charge in [-0.25, -0.2) is 0 Å². The van der Waals surface area contributed by atoms with Crippen LogP contribution in [0.2, 0.25) is 0 Å². The van der Waals surface area contributed by atoms with E-state index in [0.29, 0.717) is 0 Å². The minimum absolute atomic E-state index is 0.900. The fourth-order valence-corrected chi connectivity index (χ4v) is 4.44. The maximum absolute atomic E-state index is 2.85. The average Bonchev–Trinajstić information content (AvgIpc) is 2.49. The zero-order valence-electron chi connectivity index (χ0n) is 11.9. The summed E-state index contributed by atoms with van der Waals surface area (Å²) in [6, 6.07) is 1.80.